The molecule has 1 aliphatic rings. The van der Waals surface area contributed by atoms with Crippen molar-refractivity contribution in [3.05, 3.63) is 120 Å². The van der Waals surface area contributed by atoms with Gasteiger partial charge in [-0.2, -0.15) is 0 Å². The maximum Gasteiger partial charge on any atom is 0.303 e. The zero-order valence-corrected chi connectivity index (χ0v) is 54.4. The first-order valence-electron chi connectivity index (χ1n) is 32.1. The fourth-order valence-corrected chi connectivity index (χ4v) is 11.5. The number of H-pyrrole nitrogens is 3. The van der Waals surface area contributed by atoms with Crippen molar-refractivity contribution in [2.75, 3.05) is 26.2 Å². The van der Waals surface area contributed by atoms with Gasteiger partial charge in [-0.3, -0.25) is 57.7 Å². The molecule has 19 N–H and O–H groups in total. The number of carbonyl (C=O) groups excluding carboxylic acids is 10. The number of nitrogens with one attached hydrogen (secondary N) is 12. The molecular weight excluding hydrogens is 1250 g/mol. The number of imidazole rings is 1. The maximum atomic E-state index is 15.1. The number of fused-ring (bicyclic) bond motifs is 2. The highest BCUT2D eigenvalue weighted by Gasteiger charge is 2.40. The van der Waals surface area contributed by atoms with Crippen LogP contribution in [0.2, 0.25) is 0 Å². The van der Waals surface area contributed by atoms with Crippen LogP contribution in [0.25, 0.3) is 21.8 Å². The Morgan fingerprint density at radius 2 is 1.13 bits per heavy atom. The third-order valence-corrected chi connectivity index (χ3v) is 16.3. The molecule has 3 aromatic heterocycles. The fraction of sp³-hybridized carbons (Fsp3) is 0.439. The summed E-state index contributed by atoms with van der Waals surface area (Å²) in [5.41, 5.74) is 14.4. The zero-order chi connectivity index (χ0) is 70.3. The normalized spacial score (nSPS) is 15.3. The molecule has 97 heavy (non-hydrogen) atoms. The first-order valence-corrected chi connectivity index (χ1v) is 32.1. The lowest BCUT2D eigenvalue weighted by Gasteiger charge is -2.30. The Labute approximate surface area is 558 Å². The van der Waals surface area contributed by atoms with Crippen LogP contribution in [0.3, 0.4) is 0 Å². The van der Waals surface area contributed by atoms with E-state index >= 15 is 9.59 Å². The summed E-state index contributed by atoms with van der Waals surface area (Å²) in [6.07, 6.45) is 5.41. The van der Waals surface area contributed by atoms with Gasteiger partial charge in [0.15, 0.2) is 5.96 Å². The molecular formula is C66H87N17O14. The highest BCUT2D eigenvalue weighted by Crippen LogP contribution is 2.24. The summed E-state index contributed by atoms with van der Waals surface area (Å²) in [5, 5.41) is 55.9. The quantitative estimate of drug-likeness (QED) is 0.0132. The van der Waals surface area contributed by atoms with Crippen molar-refractivity contribution in [3.8, 4) is 5.75 Å². The summed E-state index contributed by atoms with van der Waals surface area (Å²) >= 11 is 0. The molecule has 31 nitrogen and oxygen atoms in total. The van der Waals surface area contributed by atoms with Gasteiger partial charge in [0.25, 0.3) is 0 Å². The molecule has 9 atom stereocenters. The first kappa shape index (κ1) is 73.6. The second kappa shape index (κ2) is 35.6. The van der Waals surface area contributed by atoms with Gasteiger partial charge in [0.2, 0.25) is 59.1 Å². The van der Waals surface area contributed by atoms with E-state index in [-0.39, 0.29) is 88.0 Å². The highest BCUT2D eigenvalue weighted by molar-refractivity contribution is 6.00. The molecule has 6 aromatic rings. The molecule has 0 unspecified atom stereocenters. The highest BCUT2D eigenvalue weighted by atomic mass is 16.4. The SMILES string of the molecule is CCNC(=O)[C@@H]1CCCN1C(=O)[C@H](CCCN=C(N)N)NC(=O)[C@H](CC(C)C)NC(=O)[C@@H](Cc1c[nH]c2ccccc12)NC(=O)[C@H](Cc1ccc(O)cc1)NC(=O)[C@H](CO)NC(=O)[C@H](Cc1c[nH]c2ccccc12)NC(=O)[C@H](Cc1cnc[nH]1)NC(=O)[C@H](CCC(=O)O)NC(C)=O. The molecule has 1 aliphatic heterocycles. The van der Waals surface area contributed by atoms with Gasteiger partial charge < -0.3 is 94.5 Å². The number of aliphatic hydroxyl groups excluding tert-OH is 1. The summed E-state index contributed by atoms with van der Waals surface area (Å²) in [6, 6.07) is 7.21. The van der Waals surface area contributed by atoms with Gasteiger partial charge in [0.05, 0.1) is 12.9 Å². The standard InChI is InChI=1S/C66H87N17O14/c1-5-70-64(96)55-17-11-25-83(55)65(97)48(16-10-24-71-66(67)68)76-58(90)49(26-36(2)3)77-60(92)51(28-39-31-72-45-14-8-6-12-43(39)45)79-59(91)50(27-38-18-20-42(86)21-19-38)78-63(95)54(34-84)82-61(93)52(29-40-32-73-46-15-9-7-13-44(40)46)80-62(94)53(30-41-33-69-35-74-41)81-57(89)47(75-37(4)85)22-23-56(87)88/h6-9,12-15,18-21,31-33,35-36,47-55,72-73,84,86H,5,10-11,16-17,22-30,34H2,1-4H3,(H,69,74)(H,70,96)(H,75,85)(H,76,90)(H,77,92)(H,78,95)(H,79,91)(H,80,94)(H,81,89)(H,82,93)(H,87,88)(H4,67,68,71)/t47-,48-,49-,50-,51+,52-,53-,54-,55-/m0/s1. The minimum Gasteiger partial charge on any atom is -0.508 e. The van der Waals surface area contributed by atoms with Gasteiger partial charge in [-0.1, -0.05) is 62.4 Å². The molecule has 0 aliphatic carbocycles. The number of amides is 10. The molecule has 1 fully saturated rings. The number of aromatic amines is 3. The van der Waals surface area contributed by atoms with Crippen molar-refractivity contribution >= 4 is 92.8 Å². The van der Waals surface area contributed by atoms with Gasteiger partial charge in [0, 0.05) is 105 Å². The number of hydrogen-bond donors (Lipinski definition) is 17. The fourth-order valence-electron chi connectivity index (χ4n) is 11.5. The molecule has 1 saturated heterocycles. The van der Waals surface area contributed by atoms with E-state index in [2.05, 4.69) is 72.8 Å². The zero-order valence-electron chi connectivity index (χ0n) is 54.4. The van der Waals surface area contributed by atoms with Crippen molar-refractivity contribution in [2.24, 2.45) is 22.4 Å². The van der Waals surface area contributed by atoms with Gasteiger partial charge in [-0.15, -0.1) is 0 Å². The van der Waals surface area contributed by atoms with Crippen molar-refractivity contribution in [1.82, 2.24) is 72.7 Å². The molecule has 4 heterocycles. The van der Waals surface area contributed by atoms with Crippen LogP contribution in [0.1, 0.15) is 95.0 Å². The van der Waals surface area contributed by atoms with Crippen LogP contribution in [-0.2, 0) is 78.4 Å². The Kier molecular flexibility index (Phi) is 27.0. The van der Waals surface area contributed by atoms with Crippen LogP contribution in [0.5, 0.6) is 5.75 Å². The lowest BCUT2D eigenvalue weighted by molar-refractivity contribution is -0.142. The Balaban J connectivity index is 1.17. The molecule has 520 valence electrons. The number of aliphatic hydroxyl groups is 1. The van der Waals surface area contributed by atoms with Gasteiger partial charge in [0.1, 0.15) is 60.1 Å². The van der Waals surface area contributed by atoms with E-state index in [1.165, 1.54) is 41.7 Å². The number of carboxylic acid groups (broad SMARTS) is 1. The Morgan fingerprint density at radius 1 is 0.629 bits per heavy atom. The van der Waals surface area contributed by atoms with E-state index in [9.17, 15) is 58.5 Å². The average Bonchev–Trinajstić information content (AvgIpc) is 1.72. The van der Waals surface area contributed by atoms with Crippen LogP contribution in [-0.4, -0.2) is 192 Å². The van der Waals surface area contributed by atoms with Crippen LogP contribution in [0, 0.1) is 5.92 Å². The molecule has 0 bridgehead atoms. The second-order valence-corrected chi connectivity index (χ2v) is 24.2. The summed E-state index contributed by atoms with van der Waals surface area (Å²) in [4.78, 5) is 173. The number of carbonyl (C=O) groups is 11. The van der Waals surface area contributed by atoms with E-state index in [1.54, 1.807) is 61.8 Å². The number of nitrogens with two attached hydrogens (primary N) is 2. The number of likely N-dealkylation sites (N-methyl/N-ethyl adjacent to an activating group) is 1. The van der Waals surface area contributed by atoms with E-state index < -0.39 is 127 Å². The molecule has 3 aromatic carbocycles. The first-order chi connectivity index (χ1) is 46.4. The predicted octanol–water partition coefficient (Wildman–Crippen LogP) is -0.669. The number of guanidine groups is 1. The van der Waals surface area contributed by atoms with Crippen LogP contribution in [0.4, 0.5) is 0 Å². The average molecular weight is 1340 g/mol. The summed E-state index contributed by atoms with van der Waals surface area (Å²) in [5.74, 6) is -9.82. The van der Waals surface area contributed by atoms with Crippen molar-refractivity contribution in [3.63, 3.8) is 0 Å². The number of hydrogen-bond acceptors (Lipinski definition) is 15. The molecule has 0 spiro atoms. The third kappa shape index (κ3) is 21.6. The van der Waals surface area contributed by atoms with Crippen LogP contribution >= 0.6 is 0 Å². The lowest BCUT2D eigenvalue weighted by Crippen LogP contribution is -2.61. The maximum absolute atomic E-state index is 15.1. The topological polar surface area (TPSA) is 485 Å². The molecule has 31 heteroatoms. The van der Waals surface area contributed by atoms with Gasteiger partial charge in [-0.25, -0.2) is 4.98 Å². The van der Waals surface area contributed by atoms with Crippen molar-refractivity contribution in [2.45, 2.75) is 153 Å². The number of likely N-dealkylation sites (tertiary alicyclic amines) is 1. The van der Waals surface area contributed by atoms with Crippen molar-refractivity contribution in [1.29, 1.82) is 0 Å². The van der Waals surface area contributed by atoms with Crippen LogP contribution < -0.4 is 59.3 Å². The minimum absolute atomic E-state index is 0.0461. The van der Waals surface area contributed by atoms with E-state index in [0.29, 0.717) is 63.6 Å². The van der Waals surface area contributed by atoms with Gasteiger partial charge in [-0.05, 0) is 92.3 Å². The Morgan fingerprint density at radius 3 is 1.65 bits per heavy atom. The molecule has 10 amide bonds. The number of nitrogens with zero attached hydrogens (tertiary/aromatic N) is 3. The van der Waals surface area contributed by atoms with Crippen LogP contribution in [0.15, 0.2) is 103 Å². The molecule has 0 radical (unpaired) electrons. The second-order valence-electron chi connectivity index (χ2n) is 24.2. The summed E-state index contributed by atoms with van der Waals surface area (Å²) in [6.45, 7) is 6.15. The number of para-hydroxylation sites is 2. The minimum atomic E-state index is -1.84. The van der Waals surface area contributed by atoms with Crippen molar-refractivity contribution < 1.29 is 68.1 Å². The number of phenolic OH excluding ortho intramolecular Hbond substituents is 1. The number of aromatic nitrogens is 4. The number of carboxylic acids is 1. The Bertz CT molecular complexity index is 3750. The summed E-state index contributed by atoms with van der Waals surface area (Å²) < 4.78 is 0. The molecule has 7 rings (SSSR count). The van der Waals surface area contributed by atoms with E-state index in [0.717, 1.165) is 6.92 Å². The van der Waals surface area contributed by atoms with E-state index in [1.807, 2.05) is 19.9 Å². The monoisotopic (exact) mass is 1340 g/mol. The number of phenols is 1. The number of rotatable bonds is 36. The smallest absolute Gasteiger partial charge is 0.303 e. The number of benzene rings is 3. The number of aliphatic carboxylic acids is 1. The number of aliphatic imine (C=N–C) groups is 1. The lowest BCUT2D eigenvalue weighted by atomic mass is 9.99. The number of aromatic hydroxyl groups is 1. The van der Waals surface area contributed by atoms with E-state index in [4.69, 9.17) is 11.5 Å². The predicted molar refractivity (Wildman–Crippen MR) is 356 cm³/mol. The summed E-state index contributed by atoms with van der Waals surface area (Å²) in [7, 11) is 0. The third-order valence-electron chi connectivity index (χ3n) is 16.3. The molecule has 0 saturated carbocycles. The largest absolute Gasteiger partial charge is 0.508 e. The Hall–Kier alpha value is -10.8. The van der Waals surface area contributed by atoms with Gasteiger partial charge >= 0.3 is 5.97 Å².